The highest BCUT2D eigenvalue weighted by Gasteiger charge is 2.16. The van der Waals surface area contributed by atoms with Gasteiger partial charge in [0, 0.05) is 12.1 Å². The lowest BCUT2D eigenvalue weighted by Crippen LogP contribution is -2.36. The van der Waals surface area contributed by atoms with Gasteiger partial charge in [0.05, 0.1) is 0 Å². The zero-order valence-corrected chi connectivity index (χ0v) is 9.15. The van der Waals surface area contributed by atoms with Gasteiger partial charge < -0.3 is 11.1 Å². The lowest BCUT2D eigenvalue weighted by molar-refractivity contribution is 0.335. The van der Waals surface area contributed by atoms with Crippen LogP contribution in [0.15, 0.2) is 30.3 Å². The van der Waals surface area contributed by atoms with E-state index in [0.717, 1.165) is 19.0 Å². The van der Waals surface area contributed by atoms with Crippen LogP contribution in [0.2, 0.25) is 0 Å². The minimum atomic E-state index is 0.179. The Morgan fingerprint density at radius 1 is 1.27 bits per heavy atom. The second-order valence-electron chi connectivity index (χ2n) is 4.39. The molecule has 15 heavy (non-hydrogen) atoms. The van der Waals surface area contributed by atoms with Gasteiger partial charge in [-0.1, -0.05) is 36.8 Å². The molecule has 1 fully saturated rings. The molecule has 0 aliphatic heterocycles. The standard InChI is InChI=1S/C13H20N2/c14-13(11-5-2-1-3-6-11)9-10-15-12-7-4-8-12/h1-3,5-6,12-13,15H,4,7-10,14H2. The average molecular weight is 204 g/mol. The highest BCUT2D eigenvalue weighted by molar-refractivity contribution is 5.18. The van der Waals surface area contributed by atoms with Crippen molar-refractivity contribution in [2.45, 2.75) is 37.8 Å². The topological polar surface area (TPSA) is 38.0 Å². The first-order valence-corrected chi connectivity index (χ1v) is 5.90. The number of nitrogens with one attached hydrogen (secondary N) is 1. The Hall–Kier alpha value is -0.860. The van der Waals surface area contributed by atoms with Crippen molar-refractivity contribution < 1.29 is 0 Å². The molecule has 0 radical (unpaired) electrons. The highest BCUT2D eigenvalue weighted by Crippen LogP contribution is 2.18. The molecule has 1 aliphatic carbocycles. The van der Waals surface area contributed by atoms with Crippen molar-refractivity contribution in [2.24, 2.45) is 5.73 Å². The lowest BCUT2D eigenvalue weighted by atomic mass is 9.93. The normalized spacial score (nSPS) is 18.5. The Bertz CT molecular complexity index is 280. The molecule has 0 aromatic heterocycles. The summed E-state index contributed by atoms with van der Waals surface area (Å²) in [5, 5.41) is 3.54. The highest BCUT2D eigenvalue weighted by atomic mass is 14.9. The van der Waals surface area contributed by atoms with E-state index in [0.29, 0.717) is 0 Å². The maximum absolute atomic E-state index is 6.10. The number of rotatable bonds is 5. The van der Waals surface area contributed by atoms with Crippen LogP contribution in [0, 0.1) is 0 Å². The largest absolute Gasteiger partial charge is 0.324 e. The van der Waals surface area contributed by atoms with E-state index >= 15 is 0 Å². The number of hydrogen-bond donors (Lipinski definition) is 2. The Morgan fingerprint density at radius 3 is 2.60 bits per heavy atom. The van der Waals surface area contributed by atoms with Gasteiger partial charge in [0.15, 0.2) is 0 Å². The van der Waals surface area contributed by atoms with Crippen LogP contribution in [0.25, 0.3) is 0 Å². The third kappa shape index (κ3) is 3.05. The van der Waals surface area contributed by atoms with E-state index in [1.807, 2.05) is 6.07 Å². The minimum absolute atomic E-state index is 0.179. The maximum Gasteiger partial charge on any atom is 0.0306 e. The molecule has 2 rings (SSSR count). The molecular weight excluding hydrogens is 184 g/mol. The average Bonchev–Trinajstić information content (AvgIpc) is 2.23. The van der Waals surface area contributed by atoms with Crippen molar-refractivity contribution in [1.29, 1.82) is 0 Å². The third-order valence-corrected chi connectivity index (χ3v) is 3.22. The second-order valence-corrected chi connectivity index (χ2v) is 4.39. The first kappa shape index (κ1) is 10.7. The van der Waals surface area contributed by atoms with Gasteiger partial charge in [0.2, 0.25) is 0 Å². The van der Waals surface area contributed by atoms with Gasteiger partial charge in [-0.2, -0.15) is 0 Å². The van der Waals surface area contributed by atoms with E-state index in [9.17, 15) is 0 Å². The molecule has 1 aromatic rings. The van der Waals surface area contributed by atoms with Crippen LogP contribution >= 0.6 is 0 Å². The molecule has 0 saturated heterocycles. The van der Waals surface area contributed by atoms with Gasteiger partial charge in [0.25, 0.3) is 0 Å². The molecule has 0 spiro atoms. The molecule has 3 N–H and O–H groups in total. The first-order chi connectivity index (χ1) is 7.36. The van der Waals surface area contributed by atoms with E-state index in [1.165, 1.54) is 24.8 Å². The van der Waals surface area contributed by atoms with Gasteiger partial charge in [-0.05, 0) is 31.4 Å². The van der Waals surface area contributed by atoms with Gasteiger partial charge in [-0.15, -0.1) is 0 Å². The summed E-state index contributed by atoms with van der Waals surface area (Å²) in [6, 6.07) is 11.3. The molecule has 1 saturated carbocycles. The molecule has 1 aliphatic rings. The van der Waals surface area contributed by atoms with Crippen LogP contribution in [0.3, 0.4) is 0 Å². The smallest absolute Gasteiger partial charge is 0.0306 e. The summed E-state index contributed by atoms with van der Waals surface area (Å²) in [5.41, 5.74) is 7.34. The fraction of sp³-hybridized carbons (Fsp3) is 0.538. The summed E-state index contributed by atoms with van der Waals surface area (Å²) in [6.07, 6.45) is 5.12. The van der Waals surface area contributed by atoms with Crippen LogP contribution < -0.4 is 11.1 Å². The van der Waals surface area contributed by atoms with Crippen LogP contribution in [-0.4, -0.2) is 12.6 Å². The van der Waals surface area contributed by atoms with Gasteiger partial charge in [0.1, 0.15) is 0 Å². The molecule has 1 aromatic carbocycles. The summed E-state index contributed by atoms with van der Waals surface area (Å²) < 4.78 is 0. The zero-order valence-electron chi connectivity index (χ0n) is 9.15. The van der Waals surface area contributed by atoms with Gasteiger partial charge in [-0.3, -0.25) is 0 Å². The van der Waals surface area contributed by atoms with E-state index < -0.39 is 0 Å². The van der Waals surface area contributed by atoms with Crippen molar-refractivity contribution in [3.8, 4) is 0 Å². The Morgan fingerprint density at radius 2 is 2.00 bits per heavy atom. The molecule has 0 heterocycles. The quantitative estimate of drug-likeness (QED) is 0.771. The fourth-order valence-corrected chi connectivity index (χ4v) is 1.92. The van der Waals surface area contributed by atoms with Crippen LogP contribution in [0.5, 0.6) is 0 Å². The minimum Gasteiger partial charge on any atom is -0.324 e. The van der Waals surface area contributed by atoms with Crippen molar-refractivity contribution in [3.05, 3.63) is 35.9 Å². The summed E-state index contributed by atoms with van der Waals surface area (Å²) in [7, 11) is 0. The lowest BCUT2D eigenvalue weighted by Gasteiger charge is -2.27. The molecule has 0 bridgehead atoms. The van der Waals surface area contributed by atoms with E-state index in [2.05, 4.69) is 29.6 Å². The maximum atomic E-state index is 6.10. The van der Waals surface area contributed by atoms with Gasteiger partial charge >= 0.3 is 0 Å². The van der Waals surface area contributed by atoms with Crippen molar-refractivity contribution in [2.75, 3.05) is 6.54 Å². The summed E-state index contributed by atoms with van der Waals surface area (Å²) in [5.74, 6) is 0. The third-order valence-electron chi connectivity index (χ3n) is 3.22. The summed E-state index contributed by atoms with van der Waals surface area (Å²) in [4.78, 5) is 0. The predicted octanol–water partition coefficient (Wildman–Crippen LogP) is 2.22. The number of nitrogens with two attached hydrogens (primary N) is 1. The second kappa shape index (κ2) is 5.29. The number of hydrogen-bond acceptors (Lipinski definition) is 2. The van der Waals surface area contributed by atoms with Crippen LogP contribution in [0.1, 0.15) is 37.3 Å². The van der Waals surface area contributed by atoms with E-state index in [1.54, 1.807) is 0 Å². The Kier molecular flexibility index (Phi) is 3.75. The Balaban J connectivity index is 1.70. The molecule has 2 nitrogen and oxygen atoms in total. The molecule has 1 atom stereocenters. The summed E-state index contributed by atoms with van der Waals surface area (Å²) in [6.45, 7) is 1.04. The molecule has 0 amide bonds. The van der Waals surface area contributed by atoms with Crippen LogP contribution in [0.4, 0.5) is 0 Å². The predicted molar refractivity (Wildman–Crippen MR) is 63.6 cm³/mol. The van der Waals surface area contributed by atoms with Gasteiger partial charge in [-0.25, -0.2) is 0 Å². The molecule has 82 valence electrons. The monoisotopic (exact) mass is 204 g/mol. The summed E-state index contributed by atoms with van der Waals surface area (Å²) >= 11 is 0. The van der Waals surface area contributed by atoms with Crippen molar-refractivity contribution in [1.82, 2.24) is 5.32 Å². The Labute approximate surface area is 91.9 Å². The van der Waals surface area contributed by atoms with Crippen LogP contribution in [-0.2, 0) is 0 Å². The number of benzene rings is 1. The van der Waals surface area contributed by atoms with Crippen molar-refractivity contribution in [3.63, 3.8) is 0 Å². The molecular formula is C13H20N2. The van der Waals surface area contributed by atoms with E-state index in [-0.39, 0.29) is 6.04 Å². The molecule has 2 heteroatoms. The zero-order chi connectivity index (χ0) is 10.5. The van der Waals surface area contributed by atoms with E-state index in [4.69, 9.17) is 5.73 Å². The fourth-order valence-electron chi connectivity index (χ4n) is 1.92. The first-order valence-electron chi connectivity index (χ1n) is 5.90. The molecule has 1 unspecified atom stereocenters. The SMILES string of the molecule is NC(CCNC1CCC1)c1ccccc1. The van der Waals surface area contributed by atoms with Crippen molar-refractivity contribution >= 4 is 0 Å².